The number of thiophene rings is 1. The van der Waals surface area contributed by atoms with Crippen LogP contribution in [0.1, 0.15) is 38.5 Å². The average Bonchev–Trinajstić information content (AvgIpc) is 3.11. The van der Waals surface area contributed by atoms with E-state index in [1.165, 1.54) is 24.3 Å². The Hall–Kier alpha value is -1.11. The van der Waals surface area contributed by atoms with Crippen molar-refractivity contribution in [2.75, 3.05) is 39.8 Å². The standard InChI is InChI=1S/C19H34N4OS/c1-5-20-18(22-15-19(2,3)24-4)21-12-16-8-6-10-23(13-16)14-17-9-7-11-25-17/h7,9,11,16H,5-6,8,10,12-15H2,1-4H3,(H2,20,21,22). The summed E-state index contributed by atoms with van der Waals surface area (Å²) in [5.41, 5.74) is -0.231. The number of guanidine groups is 1. The molecule has 0 aliphatic carbocycles. The third kappa shape index (κ3) is 7.34. The predicted molar refractivity (Wildman–Crippen MR) is 107 cm³/mol. The van der Waals surface area contributed by atoms with Crippen LogP contribution in [0.2, 0.25) is 0 Å². The van der Waals surface area contributed by atoms with Crippen molar-refractivity contribution < 1.29 is 4.74 Å². The molecule has 25 heavy (non-hydrogen) atoms. The molecular weight excluding hydrogens is 332 g/mol. The number of methoxy groups -OCH3 is 1. The Morgan fingerprint density at radius 2 is 2.28 bits per heavy atom. The van der Waals surface area contributed by atoms with Gasteiger partial charge in [0.05, 0.1) is 12.1 Å². The number of ether oxygens (including phenoxy) is 1. The molecule has 1 atom stereocenters. The van der Waals surface area contributed by atoms with Crippen molar-refractivity contribution in [3.8, 4) is 0 Å². The van der Waals surface area contributed by atoms with Gasteiger partial charge in [-0.3, -0.25) is 9.89 Å². The highest BCUT2D eigenvalue weighted by molar-refractivity contribution is 7.09. The fraction of sp³-hybridized carbons (Fsp3) is 0.737. The molecule has 1 fully saturated rings. The number of rotatable bonds is 8. The second kappa shape index (κ2) is 10.1. The zero-order valence-electron chi connectivity index (χ0n) is 16.2. The lowest BCUT2D eigenvalue weighted by atomic mass is 9.98. The number of hydrogen-bond acceptors (Lipinski definition) is 4. The van der Waals surface area contributed by atoms with Gasteiger partial charge in [-0.15, -0.1) is 11.3 Å². The molecule has 142 valence electrons. The maximum atomic E-state index is 5.46. The van der Waals surface area contributed by atoms with Gasteiger partial charge < -0.3 is 15.4 Å². The van der Waals surface area contributed by atoms with Crippen LogP contribution in [-0.4, -0.2) is 56.3 Å². The smallest absolute Gasteiger partial charge is 0.191 e. The molecule has 0 aromatic carbocycles. The second-order valence-electron chi connectivity index (χ2n) is 7.36. The fourth-order valence-corrected chi connectivity index (χ4v) is 3.75. The van der Waals surface area contributed by atoms with E-state index in [9.17, 15) is 0 Å². The Morgan fingerprint density at radius 3 is 2.96 bits per heavy atom. The molecule has 0 spiro atoms. The van der Waals surface area contributed by atoms with Crippen molar-refractivity contribution in [2.45, 2.75) is 45.8 Å². The van der Waals surface area contributed by atoms with E-state index in [0.29, 0.717) is 12.5 Å². The average molecular weight is 367 g/mol. The number of piperidine rings is 1. The summed E-state index contributed by atoms with van der Waals surface area (Å²) < 4.78 is 5.46. The first-order valence-corrected chi connectivity index (χ1v) is 10.2. The van der Waals surface area contributed by atoms with Crippen molar-refractivity contribution in [1.29, 1.82) is 0 Å². The minimum Gasteiger partial charge on any atom is -0.377 e. The van der Waals surface area contributed by atoms with Gasteiger partial charge in [0.15, 0.2) is 5.96 Å². The quantitative estimate of drug-likeness (QED) is 0.549. The van der Waals surface area contributed by atoms with Gasteiger partial charge in [-0.1, -0.05) is 6.07 Å². The van der Waals surface area contributed by atoms with Gasteiger partial charge in [0.1, 0.15) is 0 Å². The minimum absolute atomic E-state index is 0.231. The number of nitrogens with zero attached hydrogens (tertiary/aromatic N) is 2. The van der Waals surface area contributed by atoms with Crippen LogP contribution in [0.4, 0.5) is 0 Å². The Kier molecular flexibility index (Phi) is 8.19. The molecule has 5 nitrogen and oxygen atoms in total. The van der Waals surface area contributed by atoms with E-state index in [1.54, 1.807) is 7.11 Å². The highest BCUT2D eigenvalue weighted by Crippen LogP contribution is 2.20. The molecule has 0 radical (unpaired) electrons. The first-order chi connectivity index (χ1) is 12.0. The summed E-state index contributed by atoms with van der Waals surface area (Å²) in [4.78, 5) is 8.72. The first kappa shape index (κ1) is 20.2. The molecule has 2 rings (SSSR count). The Morgan fingerprint density at radius 1 is 1.44 bits per heavy atom. The largest absolute Gasteiger partial charge is 0.377 e. The minimum atomic E-state index is -0.231. The van der Waals surface area contributed by atoms with Crippen molar-refractivity contribution in [3.05, 3.63) is 22.4 Å². The highest BCUT2D eigenvalue weighted by Gasteiger charge is 2.21. The van der Waals surface area contributed by atoms with E-state index in [1.807, 2.05) is 11.3 Å². The van der Waals surface area contributed by atoms with Gasteiger partial charge in [-0.25, -0.2) is 0 Å². The highest BCUT2D eigenvalue weighted by atomic mass is 32.1. The molecule has 6 heteroatoms. The molecule has 1 aromatic heterocycles. The van der Waals surface area contributed by atoms with E-state index in [4.69, 9.17) is 4.74 Å². The fourth-order valence-electron chi connectivity index (χ4n) is 3.00. The van der Waals surface area contributed by atoms with Crippen molar-refractivity contribution in [1.82, 2.24) is 15.5 Å². The first-order valence-electron chi connectivity index (χ1n) is 9.34. The van der Waals surface area contributed by atoms with E-state index < -0.39 is 0 Å². The summed E-state index contributed by atoms with van der Waals surface area (Å²) in [5.74, 6) is 1.57. The van der Waals surface area contributed by atoms with Gasteiger partial charge in [0.25, 0.3) is 0 Å². The number of likely N-dealkylation sites (tertiary alicyclic amines) is 1. The summed E-state index contributed by atoms with van der Waals surface area (Å²) in [6.07, 6.45) is 2.57. The number of aliphatic imine (C=N–C) groups is 1. The maximum absolute atomic E-state index is 5.46. The molecule has 1 aliphatic rings. The number of hydrogen-bond donors (Lipinski definition) is 2. The van der Waals surface area contributed by atoms with Gasteiger partial charge in [0, 0.05) is 38.2 Å². The lowest BCUT2D eigenvalue weighted by Gasteiger charge is -2.32. The molecule has 2 heterocycles. The summed E-state index contributed by atoms with van der Waals surface area (Å²) in [6, 6.07) is 4.38. The summed E-state index contributed by atoms with van der Waals surface area (Å²) in [5, 5.41) is 9.03. The molecule has 1 saturated heterocycles. The van der Waals surface area contributed by atoms with Crippen LogP contribution in [0.15, 0.2) is 22.5 Å². The van der Waals surface area contributed by atoms with Crippen LogP contribution in [-0.2, 0) is 11.3 Å². The van der Waals surface area contributed by atoms with Gasteiger partial charge in [-0.2, -0.15) is 0 Å². The van der Waals surface area contributed by atoms with Crippen LogP contribution < -0.4 is 10.6 Å². The summed E-state index contributed by atoms with van der Waals surface area (Å²) in [7, 11) is 1.74. The predicted octanol–water partition coefficient (Wildman–Crippen LogP) is 2.94. The van der Waals surface area contributed by atoms with Crippen molar-refractivity contribution >= 4 is 17.3 Å². The molecule has 1 unspecified atom stereocenters. The monoisotopic (exact) mass is 366 g/mol. The summed E-state index contributed by atoms with van der Waals surface area (Å²) >= 11 is 1.86. The Balaban J connectivity index is 1.81. The Labute approximate surface area is 156 Å². The molecule has 1 aliphatic heterocycles. The van der Waals surface area contributed by atoms with E-state index in [-0.39, 0.29) is 5.60 Å². The van der Waals surface area contributed by atoms with Crippen molar-refractivity contribution in [3.63, 3.8) is 0 Å². The molecule has 0 bridgehead atoms. The van der Waals surface area contributed by atoms with Crippen LogP contribution in [0.5, 0.6) is 0 Å². The topological polar surface area (TPSA) is 48.9 Å². The molecule has 0 saturated carbocycles. The van der Waals surface area contributed by atoms with Crippen LogP contribution >= 0.6 is 11.3 Å². The van der Waals surface area contributed by atoms with Gasteiger partial charge in [-0.05, 0) is 57.5 Å². The molecule has 1 aromatic rings. The molecular formula is C19H34N4OS. The maximum Gasteiger partial charge on any atom is 0.191 e. The molecule has 0 amide bonds. The third-order valence-electron chi connectivity index (χ3n) is 4.64. The second-order valence-corrected chi connectivity index (χ2v) is 8.39. The van der Waals surface area contributed by atoms with E-state index in [0.717, 1.165) is 32.1 Å². The lowest BCUT2D eigenvalue weighted by molar-refractivity contribution is 0.0310. The van der Waals surface area contributed by atoms with Crippen LogP contribution in [0.25, 0.3) is 0 Å². The van der Waals surface area contributed by atoms with Gasteiger partial charge >= 0.3 is 0 Å². The third-order valence-corrected chi connectivity index (χ3v) is 5.50. The van der Waals surface area contributed by atoms with Crippen LogP contribution in [0, 0.1) is 5.92 Å². The zero-order chi connectivity index (χ0) is 18.1. The van der Waals surface area contributed by atoms with E-state index in [2.05, 4.69) is 58.8 Å². The number of nitrogens with one attached hydrogen (secondary N) is 2. The zero-order valence-corrected chi connectivity index (χ0v) is 17.0. The summed E-state index contributed by atoms with van der Waals surface area (Å²) in [6.45, 7) is 12.2. The SMILES string of the molecule is CCNC(=NCC(C)(C)OC)NCC1CCCN(Cc2cccs2)C1. The van der Waals surface area contributed by atoms with E-state index >= 15 is 0 Å². The molecule has 2 N–H and O–H groups in total. The normalized spacial score (nSPS) is 19.8. The lowest BCUT2D eigenvalue weighted by Crippen LogP contribution is -2.44. The van der Waals surface area contributed by atoms with Gasteiger partial charge in [0.2, 0.25) is 0 Å². The Bertz CT molecular complexity index is 516. The van der Waals surface area contributed by atoms with Crippen molar-refractivity contribution in [2.24, 2.45) is 10.9 Å². The van der Waals surface area contributed by atoms with Crippen LogP contribution in [0.3, 0.4) is 0 Å².